The summed E-state index contributed by atoms with van der Waals surface area (Å²) < 4.78 is 4.79. The molecule has 2 aliphatic carbocycles. The van der Waals surface area contributed by atoms with Gasteiger partial charge in [0.25, 0.3) is 0 Å². The van der Waals surface area contributed by atoms with Crippen molar-refractivity contribution in [3.8, 4) is 0 Å². The number of rotatable bonds is 3. The van der Waals surface area contributed by atoms with Crippen LogP contribution in [0.2, 0.25) is 0 Å². The summed E-state index contributed by atoms with van der Waals surface area (Å²) in [5.74, 6) is 0.580. The third-order valence-corrected chi connectivity index (χ3v) is 7.27. The number of carbonyl (C=O) groups excluding carboxylic acids is 2. The van der Waals surface area contributed by atoms with Crippen molar-refractivity contribution in [3.63, 3.8) is 0 Å². The Bertz CT molecular complexity index is 632. The minimum Gasteiger partial charge on any atom is -0.429 e. The maximum absolute atomic E-state index is 12.2. The first-order chi connectivity index (χ1) is 11.2. The zero-order valence-electron chi connectivity index (χ0n) is 15.1. The molecule has 3 aliphatic rings. The molecule has 1 saturated carbocycles. The normalized spacial score (nSPS) is 42.3. The van der Waals surface area contributed by atoms with Crippen LogP contribution in [-0.4, -0.2) is 23.1 Å². The molecule has 0 spiro atoms. The average Bonchev–Trinajstić information content (AvgIpc) is 2.83. The zero-order valence-corrected chi connectivity index (χ0v) is 15.1. The van der Waals surface area contributed by atoms with Gasteiger partial charge in [-0.1, -0.05) is 26.3 Å². The predicted molar refractivity (Wildman–Crippen MR) is 90.9 cm³/mol. The van der Waals surface area contributed by atoms with Crippen LogP contribution < -0.4 is 0 Å². The molecule has 0 amide bonds. The van der Waals surface area contributed by atoms with E-state index in [1.807, 2.05) is 6.08 Å². The number of fused-ring (bicyclic) bond motifs is 1. The van der Waals surface area contributed by atoms with Gasteiger partial charge in [-0.2, -0.15) is 0 Å². The van der Waals surface area contributed by atoms with Gasteiger partial charge < -0.3 is 9.84 Å². The molecule has 3 rings (SSSR count). The largest absolute Gasteiger partial charge is 0.429 e. The van der Waals surface area contributed by atoms with E-state index in [2.05, 4.69) is 27.7 Å². The molecule has 0 bridgehead atoms. The number of ether oxygens (including phenoxy) is 1. The Kier molecular flexibility index (Phi) is 4.23. The number of aliphatic hydroxyl groups is 1. The maximum atomic E-state index is 12.2. The highest BCUT2D eigenvalue weighted by molar-refractivity contribution is 5.92. The maximum Gasteiger partial charge on any atom is 0.333 e. The summed E-state index contributed by atoms with van der Waals surface area (Å²) in [4.78, 5) is 23.5. The van der Waals surface area contributed by atoms with E-state index in [0.29, 0.717) is 30.3 Å². The Morgan fingerprint density at radius 2 is 2.00 bits per heavy atom. The SMILES string of the molecule is CC1=CC(=O)CC2C1(C)CCC(C)C2(C)CCC1=CC(=O)OC1O. The second-order valence-electron chi connectivity index (χ2n) is 8.42. The minimum absolute atomic E-state index is 0.00434. The molecule has 0 saturated heterocycles. The van der Waals surface area contributed by atoms with Crippen LogP contribution in [-0.2, 0) is 14.3 Å². The smallest absolute Gasteiger partial charge is 0.333 e. The van der Waals surface area contributed by atoms with Gasteiger partial charge in [-0.25, -0.2) is 4.79 Å². The quantitative estimate of drug-likeness (QED) is 0.803. The van der Waals surface area contributed by atoms with E-state index in [1.54, 1.807) is 0 Å². The highest BCUT2D eigenvalue weighted by Crippen LogP contribution is 2.61. The summed E-state index contributed by atoms with van der Waals surface area (Å²) in [7, 11) is 0. The van der Waals surface area contributed by atoms with E-state index in [9.17, 15) is 14.7 Å². The molecule has 1 heterocycles. The van der Waals surface area contributed by atoms with E-state index < -0.39 is 12.3 Å². The molecule has 0 aromatic rings. The Morgan fingerprint density at radius 1 is 1.29 bits per heavy atom. The van der Waals surface area contributed by atoms with Crippen LogP contribution in [0.5, 0.6) is 0 Å². The Labute approximate surface area is 144 Å². The summed E-state index contributed by atoms with van der Waals surface area (Å²) in [5.41, 5.74) is 1.95. The van der Waals surface area contributed by atoms with Crippen LogP contribution in [0, 0.1) is 22.7 Å². The highest BCUT2D eigenvalue weighted by atomic mass is 16.6. The monoisotopic (exact) mass is 332 g/mol. The molecule has 0 aromatic heterocycles. The summed E-state index contributed by atoms with van der Waals surface area (Å²) in [6, 6.07) is 0. The molecule has 24 heavy (non-hydrogen) atoms. The van der Waals surface area contributed by atoms with Crippen LogP contribution in [0.25, 0.3) is 0 Å². The second-order valence-corrected chi connectivity index (χ2v) is 8.42. The number of allylic oxidation sites excluding steroid dienone is 2. The van der Waals surface area contributed by atoms with Gasteiger partial charge in [0.05, 0.1) is 0 Å². The number of hydrogen-bond donors (Lipinski definition) is 1. The molecule has 4 heteroatoms. The van der Waals surface area contributed by atoms with E-state index in [-0.39, 0.29) is 16.6 Å². The third kappa shape index (κ3) is 2.65. The van der Waals surface area contributed by atoms with Crippen LogP contribution in [0.3, 0.4) is 0 Å². The highest BCUT2D eigenvalue weighted by Gasteiger charge is 2.54. The first-order valence-corrected chi connectivity index (χ1v) is 8.97. The third-order valence-electron chi connectivity index (χ3n) is 7.27. The fraction of sp³-hybridized carbons (Fsp3) is 0.700. The van der Waals surface area contributed by atoms with Crippen molar-refractivity contribution < 1.29 is 19.4 Å². The lowest BCUT2D eigenvalue weighted by Crippen LogP contribution is -2.51. The van der Waals surface area contributed by atoms with Crippen LogP contribution in [0.15, 0.2) is 23.3 Å². The van der Waals surface area contributed by atoms with Gasteiger partial charge in [0.15, 0.2) is 5.78 Å². The van der Waals surface area contributed by atoms with E-state index in [4.69, 9.17) is 4.74 Å². The Hall–Kier alpha value is -1.42. The summed E-state index contributed by atoms with van der Waals surface area (Å²) >= 11 is 0. The van der Waals surface area contributed by atoms with Crippen molar-refractivity contribution in [2.75, 3.05) is 0 Å². The first kappa shape index (κ1) is 17.4. The molecule has 132 valence electrons. The topological polar surface area (TPSA) is 63.6 Å². The molecule has 1 N–H and O–H groups in total. The number of cyclic esters (lactones) is 1. The fourth-order valence-electron chi connectivity index (χ4n) is 5.16. The molecule has 4 nitrogen and oxygen atoms in total. The van der Waals surface area contributed by atoms with Crippen LogP contribution in [0.4, 0.5) is 0 Å². The zero-order chi connectivity index (χ0) is 17.7. The van der Waals surface area contributed by atoms with Crippen molar-refractivity contribution in [1.29, 1.82) is 0 Å². The summed E-state index contributed by atoms with van der Waals surface area (Å²) in [6.45, 7) is 8.96. The van der Waals surface area contributed by atoms with Gasteiger partial charge in [-0.3, -0.25) is 4.79 Å². The molecule has 0 aromatic carbocycles. The number of hydrogen-bond acceptors (Lipinski definition) is 4. The van der Waals surface area contributed by atoms with Gasteiger partial charge in [-0.05, 0) is 61.3 Å². The van der Waals surface area contributed by atoms with Crippen molar-refractivity contribution in [2.24, 2.45) is 22.7 Å². The second kappa shape index (κ2) is 5.83. The minimum atomic E-state index is -1.10. The average molecular weight is 332 g/mol. The predicted octanol–water partition coefficient (Wildman–Crippen LogP) is 3.55. The number of esters is 1. The van der Waals surface area contributed by atoms with Gasteiger partial charge in [0.2, 0.25) is 6.29 Å². The molecular formula is C20H28O4. The first-order valence-electron chi connectivity index (χ1n) is 8.97. The molecule has 5 atom stereocenters. The van der Waals surface area contributed by atoms with Crippen molar-refractivity contribution in [1.82, 2.24) is 0 Å². The number of aliphatic hydroxyl groups excluding tert-OH is 1. The van der Waals surface area contributed by atoms with E-state index >= 15 is 0 Å². The standard InChI is InChI=1S/C20H28O4/c1-12-5-7-20(4)13(2)9-15(21)11-16(20)19(12,3)8-6-14-10-17(22)24-18(14)23/h9-10,12,16,18,23H,5-8,11H2,1-4H3. The molecule has 5 unspecified atom stereocenters. The number of carbonyl (C=O) groups is 2. The van der Waals surface area contributed by atoms with Crippen LogP contribution in [0.1, 0.15) is 59.8 Å². The molecular weight excluding hydrogens is 304 g/mol. The van der Waals surface area contributed by atoms with E-state index in [0.717, 1.165) is 19.3 Å². The lowest BCUT2D eigenvalue weighted by atomic mass is 9.47. The van der Waals surface area contributed by atoms with Crippen molar-refractivity contribution >= 4 is 11.8 Å². The molecule has 1 fully saturated rings. The molecule has 0 radical (unpaired) electrons. The Morgan fingerprint density at radius 3 is 2.62 bits per heavy atom. The van der Waals surface area contributed by atoms with Crippen molar-refractivity contribution in [3.05, 3.63) is 23.3 Å². The van der Waals surface area contributed by atoms with Gasteiger partial charge >= 0.3 is 5.97 Å². The molecule has 1 aliphatic heterocycles. The van der Waals surface area contributed by atoms with Crippen LogP contribution >= 0.6 is 0 Å². The van der Waals surface area contributed by atoms with Crippen molar-refractivity contribution in [2.45, 2.75) is 66.1 Å². The summed E-state index contributed by atoms with van der Waals surface area (Å²) in [5, 5.41) is 9.83. The Balaban J connectivity index is 1.86. The lowest BCUT2D eigenvalue weighted by Gasteiger charge is -2.57. The van der Waals surface area contributed by atoms with Gasteiger partial charge in [0.1, 0.15) is 0 Å². The van der Waals surface area contributed by atoms with Gasteiger partial charge in [0, 0.05) is 18.1 Å². The lowest BCUT2D eigenvalue weighted by molar-refractivity contribution is -0.151. The fourth-order valence-corrected chi connectivity index (χ4v) is 5.16. The summed E-state index contributed by atoms with van der Waals surface area (Å²) in [6.07, 6.45) is 6.51. The van der Waals surface area contributed by atoms with E-state index in [1.165, 1.54) is 11.6 Å². The van der Waals surface area contributed by atoms with Gasteiger partial charge in [-0.15, -0.1) is 0 Å². The number of ketones is 1.